The monoisotopic (exact) mass is 403 g/mol. The van der Waals surface area contributed by atoms with Crippen LogP contribution in [0.3, 0.4) is 0 Å². The van der Waals surface area contributed by atoms with Crippen LogP contribution in [0, 0.1) is 20.8 Å². The van der Waals surface area contributed by atoms with Crippen LogP contribution in [-0.2, 0) is 11.0 Å². The minimum Gasteiger partial charge on any atom is -0.118 e. The molecule has 7 rings (SSSR count). The van der Waals surface area contributed by atoms with Crippen molar-refractivity contribution in [1.29, 1.82) is 0 Å². The van der Waals surface area contributed by atoms with Crippen LogP contribution in [0.4, 0.5) is 0 Å². The summed E-state index contributed by atoms with van der Waals surface area (Å²) in [5.41, 5.74) is 11.3. The fourth-order valence-electron chi connectivity index (χ4n) is 6.61. The predicted molar refractivity (Wildman–Crippen MR) is 128 cm³/mol. The largest absolute Gasteiger partial charge is 0.205 e. The van der Waals surface area contributed by atoms with Crippen molar-refractivity contribution in [3.05, 3.63) is 83.0 Å². The van der Waals surface area contributed by atoms with Gasteiger partial charge in [-0.05, 0) is 55.3 Å². The first-order valence-electron chi connectivity index (χ1n) is 11.4. The number of para-hydroxylation sites is 1. The Balaban J connectivity index is 1.82. The first-order chi connectivity index (χ1) is 14.8. The molecule has 31 heavy (non-hydrogen) atoms. The molecule has 2 atom stereocenters. The van der Waals surface area contributed by atoms with Gasteiger partial charge in [-0.2, -0.15) is 0 Å². The molecule has 0 saturated heterocycles. The number of nitrogens with zero attached hydrogens (tertiary/aromatic N) is 2. The fraction of sp³-hybridized carbons (Fsp3) is 0.276. The lowest BCUT2D eigenvalue weighted by Gasteiger charge is -2.23. The van der Waals surface area contributed by atoms with Crippen LogP contribution in [-0.4, -0.2) is 4.52 Å². The Morgan fingerprint density at radius 3 is 2.29 bits per heavy atom. The summed E-state index contributed by atoms with van der Waals surface area (Å²) in [6, 6.07) is 20.6. The Hall–Kier alpha value is -3.13. The van der Waals surface area contributed by atoms with E-state index in [9.17, 15) is 0 Å². The number of benzene rings is 3. The number of fused-ring (bicyclic) bond motifs is 6. The fourth-order valence-corrected chi connectivity index (χ4v) is 6.61. The summed E-state index contributed by atoms with van der Waals surface area (Å²) in [5, 5.41) is 4.09. The number of rotatable bonds is 1. The molecule has 0 spiro atoms. The van der Waals surface area contributed by atoms with Crippen LogP contribution < -0.4 is 4.68 Å². The van der Waals surface area contributed by atoms with Gasteiger partial charge in [-0.15, -0.1) is 9.20 Å². The molecule has 0 bridgehead atoms. The highest BCUT2D eigenvalue weighted by molar-refractivity contribution is 6.16. The molecule has 3 heterocycles. The molecule has 2 aliphatic rings. The van der Waals surface area contributed by atoms with Crippen molar-refractivity contribution < 1.29 is 4.68 Å². The van der Waals surface area contributed by atoms with E-state index in [0.717, 1.165) is 0 Å². The molecule has 2 aromatic heterocycles. The van der Waals surface area contributed by atoms with Crippen molar-refractivity contribution in [2.24, 2.45) is 0 Å². The van der Waals surface area contributed by atoms with Gasteiger partial charge < -0.3 is 0 Å². The van der Waals surface area contributed by atoms with E-state index in [1.54, 1.807) is 0 Å². The lowest BCUT2D eigenvalue weighted by Crippen LogP contribution is -2.54. The Morgan fingerprint density at radius 1 is 0.806 bits per heavy atom. The Bertz CT molecular complexity index is 1600. The Labute approximate surface area is 182 Å². The molecule has 1 fully saturated rings. The van der Waals surface area contributed by atoms with Gasteiger partial charge in [0.1, 0.15) is 11.0 Å². The van der Waals surface area contributed by atoms with E-state index in [4.69, 9.17) is 0 Å². The molecule has 152 valence electrons. The zero-order valence-electron chi connectivity index (χ0n) is 18.9. The quantitative estimate of drug-likeness (QED) is 0.223. The summed E-state index contributed by atoms with van der Waals surface area (Å²) < 4.78 is 5.12. The van der Waals surface area contributed by atoms with Gasteiger partial charge >= 0.3 is 0 Å². The molecule has 0 amide bonds. The summed E-state index contributed by atoms with van der Waals surface area (Å²) in [6.45, 7) is 11.6. The third kappa shape index (κ3) is 1.85. The standard InChI is InChI=1S/C29H27N2/c1-17-12-13-21-22(14-17)20-10-7-11-24-27(20)31-26(21)23(25-18(2)8-6-9-19(25)3)15-30(31)29(5)16-28(24,29)4/h6-15H,16H2,1-5H3/q+1. The smallest absolute Gasteiger partial charge is 0.118 e. The van der Waals surface area contributed by atoms with Gasteiger partial charge in [-0.25, -0.2) is 0 Å². The van der Waals surface area contributed by atoms with Crippen molar-refractivity contribution in [1.82, 2.24) is 4.52 Å². The van der Waals surface area contributed by atoms with E-state index >= 15 is 0 Å². The van der Waals surface area contributed by atoms with Gasteiger partial charge in [0.05, 0.1) is 11.0 Å². The SMILES string of the molecule is Cc1ccc2c(c1)c1cccc3c1n1c2c(-c2c(C)cccc2C)c[n+]1C1(C)CC31C. The van der Waals surface area contributed by atoms with Crippen LogP contribution in [0.2, 0.25) is 0 Å². The van der Waals surface area contributed by atoms with E-state index < -0.39 is 0 Å². The van der Waals surface area contributed by atoms with Crippen molar-refractivity contribution in [3.63, 3.8) is 0 Å². The minimum absolute atomic E-state index is 0.115. The number of aryl methyl sites for hydroxylation is 3. The molecule has 2 nitrogen and oxygen atoms in total. The average Bonchev–Trinajstić information content (AvgIpc) is 3.13. The molecule has 5 aromatic rings. The highest BCUT2D eigenvalue weighted by Gasteiger charge is 2.74. The molecule has 3 aromatic carbocycles. The number of aromatic nitrogens is 2. The molecule has 1 saturated carbocycles. The van der Waals surface area contributed by atoms with Crippen LogP contribution >= 0.6 is 0 Å². The Morgan fingerprint density at radius 2 is 1.52 bits per heavy atom. The van der Waals surface area contributed by atoms with Crippen molar-refractivity contribution in [2.75, 3.05) is 0 Å². The lowest BCUT2D eigenvalue weighted by molar-refractivity contribution is -0.798. The second kappa shape index (κ2) is 5.19. The first-order valence-corrected chi connectivity index (χ1v) is 11.4. The minimum atomic E-state index is 0.115. The molecule has 0 N–H and O–H groups in total. The summed E-state index contributed by atoms with van der Waals surface area (Å²) in [5.74, 6) is 0. The topological polar surface area (TPSA) is 8.29 Å². The normalized spacial score (nSPS) is 23.8. The maximum Gasteiger partial charge on any atom is 0.205 e. The summed E-state index contributed by atoms with van der Waals surface area (Å²) >= 11 is 0. The van der Waals surface area contributed by atoms with E-state index in [2.05, 4.69) is 105 Å². The molecule has 1 aliphatic heterocycles. The van der Waals surface area contributed by atoms with Gasteiger partial charge in [0, 0.05) is 24.1 Å². The molecule has 2 heteroatoms. The maximum absolute atomic E-state index is 2.57. The van der Waals surface area contributed by atoms with Crippen LogP contribution in [0.15, 0.2) is 60.8 Å². The number of hydrogen-bond acceptors (Lipinski definition) is 0. The number of hydrogen-bond donors (Lipinski definition) is 0. The van der Waals surface area contributed by atoms with Crippen molar-refractivity contribution in [2.45, 2.75) is 52.0 Å². The molecule has 0 radical (unpaired) electrons. The zero-order chi connectivity index (χ0) is 21.3. The van der Waals surface area contributed by atoms with Gasteiger partial charge in [-0.1, -0.05) is 60.2 Å². The predicted octanol–water partition coefficient (Wildman–Crippen LogP) is 6.52. The molecular formula is C29H27N2+. The zero-order valence-corrected chi connectivity index (χ0v) is 18.9. The highest BCUT2D eigenvalue weighted by Crippen LogP contribution is 2.63. The summed E-state index contributed by atoms with van der Waals surface area (Å²) in [4.78, 5) is 0. The van der Waals surface area contributed by atoms with Gasteiger partial charge in [-0.3, -0.25) is 0 Å². The first kappa shape index (κ1) is 17.5. The summed E-state index contributed by atoms with van der Waals surface area (Å²) in [7, 11) is 0. The van der Waals surface area contributed by atoms with Gasteiger partial charge in [0.15, 0.2) is 5.54 Å². The van der Waals surface area contributed by atoms with Crippen molar-refractivity contribution >= 4 is 27.2 Å². The van der Waals surface area contributed by atoms with E-state index in [0.29, 0.717) is 0 Å². The second-order valence-electron chi connectivity index (χ2n) is 10.3. The van der Waals surface area contributed by atoms with E-state index in [1.807, 2.05) is 0 Å². The van der Waals surface area contributed by atoms with E-state index in [-0.39, 0.29) is 11.0 Å². The third-order valence-corrected chi connectivity index (χ3v) is 8.51. The van der Waals surface area contributed by atoms with Gasteiger partial charge in [0.25, 0.3) is 0 Å². The summed E-state index contributed by atoms with van der Waals surface area (Å²) in [6.07, 6.45) is 3.64. The third-order valence-electron chi connectivity index (χ3n) is 8.51. The van der Waals surface area contributed by atoms with Gasteiger partial charge in [0.2, 0.25) is 6.20 Å². The number of pyridine rings is 1. The average molecular weight is 404 g/mol. The molecule has 1 aliphatic carbocycles. The second-order valence-corrected chi connectivity index (χ2v) is 10.3. The maximum atomic E-state index is 2.57. The Kier molecular flexibility index (Phi) is 2.94. The van der Waals surface area contributed by atoms with Crippen LogP contribution in [0.1, 0.15) is 42.5 Å². The van der Waals surface area contributed by atoms with Crippen molar-refractivity contribution in [3.8, 4) is 11.1 Å². The highest BCUT2D eigenvalue weighted by atomic mass is 15.4. The molecular weight excluding hydrogens is 376 g/mol. The molecule has 2 unspecified atom stereocenters. The van der Waals surface area contributed by atoms with E-state index in [1.165, 1.54) is 67.0 Å². The lowest BCUT2D eigenvalue weighted by atomic mass is 9.88. The van der Waals surface area contributed by atoms with Crippen LogP contribution in [0.25, 0.3) is 38.3 Å². The van der Waals surface area contributed by atoms with Crippen LogP contribution in [0.5, 0.6) is 0 Å².